The van der Waals surface area contributed by atoms with Gasteiger partial charge in [0.1, 0.15) is 18.7 Å². The third-order valence-electron chi connectivity index (χ3n) is 2.82. The van der Waals surface area contributed by atoms with Gasteiger partial charge in [0, 0.05) is 18.7 Å². The van der Waals surface area contributed by atoms with Crippen LogP contribution < -0.4 is 10.5 Å². The fourth-order valence-electron chi connectivity index (χ4n) is 1.72. The quantitative estimate of drug-likeness (QED) is 0.892. The van der Waals surface area contributed by atoms with E-state index in [1.165, 1.54) is 0 Å². The number of ether oxygens (including phenoxy) is 1. The largest absolute Gasteiger partial charge is 0.485 e. The second-order valence-electron chi connectivity index (χ2n) is 4.48. The number of nitrogens with two attached hydrogens (primary N) is 1. The first-order chi connectivity index (χ1) is 8.58. The zero-order valence-electron chi connectivity index (χ0n) is 10.9. The monoisotopic (exact) mass is 246 g/mol. The molecule has 5 heteroatoms. The number of nitrogens with zero attached hydrogens (tertiary/aromatic N) is 3. The Morgan fingerprint density at radius 3 is 2.83 bits per heavy atom. The molecule has 2 aromatic rings. The summed E-state index contributed by atoms with van der Waals surface area (Å²) in [5, 5.41) is 7.80. The lowest BCUT2D eigenvalue weighted by atomic mass is 10.1. The van der Waals surface area contributed by atoms with Gasteiger partial charge < -0.3 is 15.0 Å². The van der Waals surface area contributed by atoms with E-state index in [0.717, 1.165) is 22.7 Å². The molecule has 1 aromatic carbocycles. The minimum absolute atomic E-state index is 0.0555. The summed E-state index contributed by atoms with van der Waals surface area (Å²) in [5.74, 6) is 1.60. The van der Waals surface area contributed by atoms with Crippen LogP contribution in [-0.4, -0.2) is 14.8 Å². The highest BCUT2D eigenvalue weighted by molar-refractivity contribution is 5.38. The normalized spacial score (nSPS) is 12.4. The Morgan fingerprint density at radius 1 is 1.44 bits per heavy atom. The number of hydrogen-bond acceptors (Lipinski definition) is 4. The standard InChI is InChI=1S/C13H18N4O/c1-9-4-5-11(10(2)14)12(6-9)18-7-13-16-15-8-17(13)3/h4-6,8,10H,7,14H2,1-3H3. The summed E-state index contributed by atoms with van der Waals surface area (Å²) in [6.45, 7) is 4.36. The average Bonchev–Trinajstić information content (AvgIpc) is 2.72. The molecule has 0 fully saturated rings. The van der Waals surface area contributed by atoms with E-state index in [1.54, 1.807) is 6.33 Å². The van der Waals surface area contributed by atoms with Crippen LogP contribution >= 0.6 is 0 Å². The summed E-state index contributed by atoms with van der Waals surface area (Å²) < 4.78 is 7.64. The molecule has 0 spiro atoms. The smallest absolute Gasteiger partial charge is 0.170 e. The van der Waals surface area contributed by atoms with Crippen LogP contribution in [0.5, 0.6) is 5.75 Å². The van der Waals surface area contributed by atoms with E-state index in [9.17, 15) is 0 Å². The van der Waals surface area contributed by atoms with E-state index in [1.807, 2.05) is 43.7 Å². The molecular weight excluding hydrogens is 228 g/mol. The molecule has 0 aliphatic heterocycles. The fraction of sp³-hybridized carbons (Fsp3) is 0.385. The van der Waals surface area contributed by atoms with Crippen molar-refractivity contribution >= 4 is 0 Å². The molecule has 0 aliphatic rings. The van der Waals surface area contributed by atoms with Crippen LogP contribution in [0.25, 0.3) is 0 Å². The molecule has 1 atom stereocenters. The molecule has 0 amide bonds. The van der Waals surface area contributed by atoms with Crippen molar-refractivity contribution in [1.82, 2.24) is 14.8 Å². The van der Waals surface area contributed by atoms with Crippen LogP contribution in [0.15, 0.2) is 24.5 Å². The van der Waals surface area contributed by atoms with E-state index in [2.05, 4.69) is 10.2 Å². The lowest BCUT2D eigenvalue weighted by molar-refractivity contribution is 0.287. The fourth-order valence-corrected chi connectivity index (χ4v) is 1.72. The molecule has 0 aliphatic carbocycles. The van der Waals surface area contributed by atoms with Crippen LogP contribution in [-0.2, 0) is 13.7 Å². The topological polar surface area (TPSA) is 66.0 Å². The number of benzene rings is 1. The lowest BCUT2D eigenvalue weighted by Gasteiger charge is -2.14. The van der Waals surface area contributed by atoms with Gasteiger partial charge >= 0.3 is 0 Å². The first-order valence-electron chi connectivity index (χ1n) is 5.89. The second kappa shape index (κ2) is 5.18. The molecule has 1 heterocycles. The van der Waals surface area contributed by atoms with Gasteiger partial charge in [0.25, 0.3) is 0 Å². The Balaban J connectivity index is 2.18. The van der Waals surface area contributed by atoms with Gasteiger partial charge in [-0.1, -0.05) is 12.1 Å². The zero-order valence-corrected chi connectivity index (χ0v) is 10.9. The molecule has 96 valence electrons. The highest BCUT2D eigenvalue weighted by atomic mass is 16.5. The summed E-state index contributed by atoms with van der Waals surface area (Å²) in [6, 6.07) is 5.98. The van der Waals surface area contributed by atoms with Crippen LogP contribution in [0.4, 0.5) is 0 Å². The summed E-state index contributed by atoms with van der Waals surface area (Å²) in [7, 11) is 1.89. The maximum atomic E-state index is 5.93. The van der Waals surface area contributed by atoms with Crippen molar-refractivity contribution in [3.05, 3.63) is 41.5 Å². The first-order valence-corrected chi connectivity index (χ1v) is 5.89. The van der Waals surface area contributed by atoms with Crippen molar-refractivity contribution in [1.29, 1.82) is 0 Å². The van der Waals surface area contributed by atoms with E-state index in [0.29, 0.717) is 6.61 Å². The third-order valence-corrected chi connectivity index (χ3v) is 2.82. The minimum Gasteiger partial charge on any atom is -0.485 e. The molecule has 5 nitrogen and oxygen atoms in total. The number of rotatable bonds is 4. The molecule has 0 saturated carbocycles. The van der Waals surface area contributed by atoms with Crippen LogP contribution in [0.2, 0.25) is 0 Å². The molecule has 2 N–H and O–H groups in total. The summed E-state index contributed by atoms with van der Waals surface area (Å²) in [4.78, 5) is 0. The maximum Gasteiger partial charge on any atom is 0.170 e. The van der Waals surface area contributed by atoms with Gasteiger partial charge in [-0.2, -0.15) is 0 Å². The maximum absolute atomic E-state index is 5.93. The molecule has 0 radical (unpaired) electrons. The molecule has 0 bridgehead atoms. The number of aryl methyl sites for hydroxylation is 2. The molecule has 18 heavy (non-hydrogen) atoms. The van der Waals surface area contributed by atoms with Gasteiger partial charge in [-0.15, -0.1) is 10.2 Å². The number of aromatic nitrogens is 3. The Labute approximate surface area is 107 Å². The molecule has 1 unspecified atom stereocenters. The predicted molar refractivity (Wildman–Crippen MR) is 69.1 cm³/mol. The SMILES string of the molecule is Cc1ccc(C(C)N)c(OCc2nncn2C)c1. The van der Waals surface area contributed by atoms with Crippen molar-refractivity contribution in [2.24, 2.45) is 12.8 Å². The van der Waals surface area contributed by atoms with Crippen molar-refractivity contribution in [3.63, 3.8) is 0 Å². The van der Waals surface area contributed by atoms with Gasteiger partial charge in [0.2, 0.25) is 0 Å². The predicted octanol–water partition coefficient (Wildman–Crippen LogP) is 1.72. The van der Waals surface area contributed by atoms with E-state index >= 15 is 0 Å². The van der Waals surface area contributed by atoms with Crippen molar-refractivity contribution < 1.29 is 4.74 Å². The summed E-state index contributed by atoms with van der Waals surface area (Å²) in [5.41, 5.74) is 8.08. The Bertz CT molecular complexity index is 534. The van der Waals surface area contributed by atoms with Gasteiger partial charge in [-0.3, -0.25) is 0 Å². The molecule has 1 aromatic heterocycles. The van der Waals surface area contributed by atoms with Crippen molar-refractivity contribution in [2.45, 2.75) is 26.5 Å². The minimum atomic E-state index is -0.0555. The lowest BCUT2D eigenvalue weighted by Crippen LogP contribution is -2.09. The summed E-state index contributed by atoms with van der Waals surface area (Å²) >= 11 is 0. The van der Waals surface area contributed by atoms with Gasteiger partial charge in [-0.25, -0.2) is 0 Å². The highest BCUT2D eigenvalue weighted by Gasteiger charge is 2.10. The zero-order chi connectivity index (χ0) is 13.1. The van der Waals surface area contributed by atoms with E-state index in [4.69, 9.17) is 10.5 Å². The van der Waals surface area contributed by atoms with Crippen molar-refractivity contribution in [3.8, 4) is 5.75 Å². The Hall–Kier alpha value is -1.88. The highest BCUT2D eigenvalue weighted by Crippen LogP contribution is 2.25. The van der Waals surface area contributed by atoms with E-state index in [-0.39, 0.29) is 6.04 Å². The molecule has 0 saturated heterocycles. The van der Waals surface area contributed by atoms with Crippen LogP contribution in [0, 0.1) is 6.92 Å². The Kier molecular flexibility index (Phi) is 3.62. The van der Waals surface area contributed by atoms with Crippen molar-refractivity contribution in [2.75, 3.05) is 0 Å². The Morgan fingerprint density at radius 2 is 2.22 bits per heavy atom. The average molecular weight is 246 g/mol. The van der Waals surface area contributed by atoms with Gasteiger partial charge in [0.05, 0.1) is 0 Å². The second-order valence-corrected chi connectivity index (χ2v) is 4.48. The molecular formula is C13H18N4O. The van der Waals surface area contributed by atoms with Crippen LogP contribution in [0.3, 0.4) is 0 Å². The number of hydrogen-bond donors (Lipinski definition) is 1. The third kappa shape index (κ3) is 2.68. The van der Waals surface area contributed by atoms with Crippen LogP contribution in [0.1, 0.15) is 29.9 Å². The first kappa shape index (κ1) is 12.6. The summed E-state index contributed by atoms with van der Waals surface area (Å²) in [6.07, 6.45) is 1.65. The van der Waals surface area contributed by atoms with Gasteiger partial charge in [0.15, 0.2) is 5.82 Å². The molecule has 2 rings (SSSR count). The van der Waals surface area contributed by atoms with E-state index < -0.39 is 0 Å². The van der Waals surface area contributed by atoms with Gasteiger partial charge in [-0.05, 0) is 25.5 Å².